The quantitative estimate of drug-likeness (QED) is 0.155. The maximum atomic E-state index is 14.7. The maximum absolute atomic E-state index is 14.7. The van der Waals surface area contributed by atoms with Gasteiger partial charge in [-0.3, -0.25) is 14.4 Å². The first kappa shape index (κ1) is 33.9. The third-order valence-corrected chi connectivity index (χ3v) is 15.4. The molecule has 3 heterocycles. The van der Waals surface area contributed by atoms with Gasteiger partial charge in [-0.1, -0.05) is 37.3 Å². The van der Waals surface area contributed by atoms with Crippen LogP contribution in [0.15, 0.2) is 42.5 Å². The van der Waals surface area contributed by atoms with Crippen molar-refractivity contribution in [3.05, 3.63) is 51.6 Å². The molecule has 2 aromatic rings. The van der Waals surface area contributed by atoms with Crippen LogP contribution in [0.2, 0.25) is 18.6 Å². The highest BCUT2D eigenvalue weighted by Crippen LogP contribution is 2.60. The number of nitrogens with zero attached hydrogens (tertiary/aromatic N) is 2. The van der Waals surface area contributed by atoms with Gasteiger partial charge in [-0.15, -0.1) is 0 Å². The van der Waals surface area contributed by atoms with Gasteiger partial charge < -0.3 is 29.1 Å². The van der Waals surface area contributed by atoms with Crippen molar-refractivity contribution >= 4 is 59.3 Å². The number of rotatable bonds is 11. The molecule has 1 N–H and O–H groups in total. The minimum Gasteiger partial charge on any atom is -0.497 e. The van der Waals surface area contributed by atoms with Crippen LogP contribution in [0.4, 0.5) is 5.69 Å². The van der Waals surface area contributed by atoms with Crippen molar-refractivity contribution in [2.75, 3.05) is 38.8 Å². The Bertz CT molecular complexity index is 1420. The maximum Gasteiger partial charge on any atom is 0.305 e. The summed E-state index contributed by atoms with van der Waals surface area (Å²) in [4.78, 5) is 44.0. The summed E-state index contributed by atoms with van der Waals surface area (Å²) >= 11 is 2.28. The van der Waals surface area contributed by atoms with Crippen molar-refractivity contribution < 1.29 is 33.7 Å². The van der Waals surface area contributed by atoms with Gasteiger partial charge in [0.2, 0.25) is 5.91 Å². The first-order valence-corrected chi connectivity index (χ1v) is 20.1. The zero-order valence-corrected chi connectivity index (χ0v) is 30.0. The lowest BCUT2D eigenvalue weighted by atomic mass is 9.82. The van der Waals surface area contributed by atoms with Crippen molar-refractivity contribution in [3.63, 3.8) is 0 Å². The molecule has 0 saturated carbocycles. The molecule has 11 heteroatoms. The molecule has 2 fully saturated rings. The number of ether oxygens (including phenoxy) is 3. The molecule has 3 aliphatic rings. The van der Waals surface area contributed by atoms with Crippen LogP contribution >= 0.6 is 22.6 Å². The fourth-order valence-corrected chi connectivity index (χ4v) is 12.5. The summed E-state index contributed by atoms with van der Waals surface area (Å²) in [5, 5.41) is 11.2. The van der Waals surface area contributed by atoms with Gasteiger partial charge in [0.05, 0.1) is 53.2 Å². The average Bonchev–Trinajstić information content (AvgIpc) is 3.69. The largest absolute Gasteiger partial charge is 0.497 e. The van der Waals surface area contributed by atoms with Crippen LogP contribution in [0.1, 0.15) is 51.0 Å². The number of fused-ring (bicyclic) bond motifs is 2. The Balaban J connectivity index is 1.54. The van der Waals surface area contributed by atoms with Crippen molar-refractivity contribution in [1.29, 1.82) is 0 Å². The lowest BCUT2D eigenvalue weighted by molar-refractivity contribution is -0.150. The minimum atomic E-state index is -2.39. The van der Waals surface area contributed by atoms with E-state index < -0.39 is 19.8 Å². The molecule has 0 aromatic heterocycles. The molecule has 2 aromatic carbocycles. The molecule has 3 aliphatic heterocycles. The van der Waals surface area contributed by atoms with Crippen LogP contribution in [-0.4, -0.2) is 81.9 Å². The second kappa shape index (κ2) is 13.7. The second-order valence-corrected chi connectivity index (χ2v) is 19.0. The summed E-state index contributed by atoms with van der Waals surface area (Å²) in [6.45, 7) is 7.77. The van der Waals surface area contributed by atoms with Crippen LogP contribution in [0.25, 0.3) is 0 Å². The Morgan fingerprint density at radius 3 is 2.53 bits per heavy atom. The third kappa shape index (κ3) is 6.17. The monoisotopic (exact) mass is 748 g/mol. The molecular formula is C34H45IN2O7Si. The van der Waals surface area contributed by atoms with Gasteiger partial charge in [-0.2, -0.15) is 0 Å². The van der Waals surface area contributed by atoms with Gasteiger partial charge in [0.15, 0.2) is 5.60 Å². The number of aliphatic hydroxyl groups excluding tert-OH is 1. The molecule has 0 aliphatic carbocycles. The van der Waals surface area contributed by atoms with E-state index in [9.17, 15) is 19.5 Å². The SMILES string of the molecule is COC(=O)CCCCN1C(=O)[C@]2(O[C@H](CC(=O)N3CCC[C@H]3CO)[C@@H]([Si](C)(C)c3ccc(OC)cc3)[C@@H]2C)c2cc(I)ccc21. The van der Waals surface area contributed by atoms with E-state index in [1.54, 1.807) is 12.0 Å². The summed E-state index contributed by atoms with van der Waals surface area (Å²) < 4.78 is 18.3. The van der Waals surface area contributed by atoms with E-state index in [0.717, 1.165) is 33.4 Å². The highest BCUT2D eigenvalue weighted by atomic mass is 127. The molecule has 5 atom stereocenters. The number of hydrogen-bond donors (Lipinski definition) is 1. The van der Waals surface area contributed by atoms with Crippen molar-refractivity contribution in [1.82, 2.24) is 4.90 Å². The zero-order chi connectivity index (χ0) is 32.5. The van der Waals surface area contributed by atoms with E-state index >= 15 is 0 Å². The fraction of sp³-hybridized carbons (Fsp3) is 0.559. The van der Waals surface area contributed by atoms with Gasteiger partial charge in [0.25, 0.3) is 5.91 Å². The highest BCUT2D eigenvalue weighted by molar-refractivity contribution is 14.1. The molecule has 45 heavy (non-hydrogen) atoms. The van der Waals surface area contributed by atoms with Crippen LogP contribution in [0.5, 0.6) is 5.75 Å². The Labute approximate surface area is 280 Å². The Morgan fingerprint density at radius 1 is 1.13 bits per heavy atom. The lowest BCUT2D eigenvalue weighted by Crippen LogP contribution is -2.52. The number of carbonyl (C=O) groups excluding carboxylic acids is 3. The number of methoxy groups -OCH3 is 2. The summed E-state index contributed by atoms with van der Waals surface area (Å²) in [5.41, 5.74) is 0.402. The van der Waals surface area contributed by atoms with E-state index in [2.05, 4.69) is 60.8 Å². The molecule has 1 spiro atoms. The van der Waals surface area contributed by atoms with E-state index in [0.29, 0.717) is 32.4 Å². The number of anilines is 1. The van der Waals surface area contributed by atoms with Crippen LogP contribution in [0, 0.1) is 9.49 Å². The number of halogens is 1. The normalized spacial score (nSPS) is 26.1. The molecule has 2 saturated heterocycles. The molecule has 2 amide bonds. The van der Waals surface area contributed by atoms with E-state index in [4.69, 9.17) is 14.2 Å². The number of carbonyl (C=O) groups is 3. The second-order valence-electron chi connectivity index (χ2n) is 13.1. The van der Waals surface area contributed by atoms with E-state index in [1.165, 1.54) is 12.3 Å². The first-order valence-electron chi connectivity index (χ1n) is 15.9. The predicted molar refractivity (Wildman–Crippen MR) is 183 cm³/mol. The Morgan fingerprint density at radius 2 is 1.87 bits per heavy atom. The number of aliphatic hydroxyl groups is 1. The number of esters is 1. The minimum absolute atomic E-state index is 0.0293. The summed E-state index contributed by atoms with van der Waals surface area (Å²) in [5.74, 6) is 0.182. The molecule has 0 unspecified atom stereocenters. The van der Waals surface area contributed by atoms with E-state index in [-0.39, 0.29) is 48.3 Å². The average molecular weight is 749 g/mol. The molecule has 0 radical (unpaired) electrons. The van der Waals surface area contributed by atoms with Crippen LogP contribution < -0.4 is 14.8 Å². The lowest BCUT2D eigenvalue weighted by Gasteiger charge is -2.37. The van der Waals surface area contributed by atoms with Gasteiger partial charge in [-0.25, -0.2) is 0 Å². The zero-order valence-electron chi connectivity index (χ0n) is 26.9. The number of benzene rings is 2. The fourth-order valence-electron chi connectivity index (χ4n) is 7.99. The highest BCUT2D eigenvalue weighted by Gasteiger charge is 2.66. The molecular weight excluding hydrogens is 703 g/mol. The topological polar surface area (TPSA) is 106 Å². The van der Waals surface area contributed by atoms with E-state index in [1.807, 2.05) is 29.2 Å². The number of likely N-dealkylation sites (tertiary alicyclic amines) is 1. The Hall–Kier alpha value is -2.48. The molecule has 244 valence electrons. The number of hydrogen-bond acceptors (Lipinski definition) is 7. The first-order chi connectivity index (χ1) is 21.5. The summed E-state index contributed by atoms with van der Waals surface area (Å²) in [6.07, 6.45) is 2.89. The molecule has 0 bridgehead atoms. The van der Waals surface area contributed by atoms with Gasteiger partial charge >= 0.3 is 5.97 Å². The van der Waals surface area contributed by atoms with Crippen molar-refractivity contribution in [3.8, 4) is 5.75 Å². The predicted octanol–water partition coefficient (Wildman–Crippen LogP) is 4.58. The summed E-state index contributed by atoms with van der Waals surface area (Å²) in [7, 11) is 0.643. The molecule has 9 nitrogen and oxygen atoms in total. The number of amides is 2. The van der Waals surface area contributed by atoms with Crippen LogP contribution in [-0.2, 0) is 29.5 Å². The third-order valence-electron chi connectivity index (χ3n) is 10.3. The summed E-state index contributed by atoms with van der Waals surface area (Å²) in [6, 6.07) is 14.1. The molecule has 5 rings (SSSR count). The van der Waals surface area contributed by atoms with Gasteiger partial charge in [0, 0.05) is 34.6 Å². The van der Waals surface area contributed by atoms with Gasteiger partial charge in [-0.05, 0) is 84.1 Å². The Kier molecular flexibility index (Phi) is 10.3. The standard InChI is InChI=1S/C34H45IN2O7Si/c1-22-32(45(4,5)26-14-12-25(42-2)13-15-26)29(20-30(39)36-18-8-9-24(36)21-38)44-34(22)27-19-23(35)11-16-28(27)37(33(34)41)17-7-6-10-31(40)43-3/h11-16,19,22,24,29,32,38H,6-10,17-18,20-21H2,1-5H3/t22-,24-,29+,32-,34+/m0/s1. The van der Waals surface area contributed by atoms with Crippen molar-refractivity contribution in [2.24, 2.45) is 5.92 Å². The van der Waals surface area contributed by atoms with Gasteiger partial charge in [0.1, 0.15) is 5.75 Å². The van der Waals surface area contributed by atoms with Crippen molar-refractivity contribution in [2.45, 2.75) is 81.8 Å². The smallest absolute Gasteiger partial charge is 0.305 e. The number of unbranched alkanes of at least 4 members (excludes halogenated alkanes) is 1. The van der Waals surface area contributed by atoms with Crippen LogP contribution in [0.3, 0.4) is 0 Å².